The summed E-state index contributed by atoms with van der Waals surface area (Å²) in [7, 11) is 1.91. The Labute approximate surface area is 162 Å². The number of pyridine rings is 2. The van der Waals surface area contributed by atoms with E-state index in [4.69, 9.17) is 5.73 Å². The lowest BCUT2D eigenvalue weighted by Gasteiger charge is -2.16. The van der Waals surface area contributed by atoms with E-state index >= 15 is 0 Å². The van der Waals surface area contributed by atoms with Gasteiger partial charge < -0.3 is 20.9 Å². The Morgan fingerprint density at radius 2 is 2.00 bits per heavy atom. The van der Waals surface area contributed by atoms with Crippen molar-refractivity contribution in [2.45, 2.75) is 12.8 Å². The SMILES string of the molecule is Cn1cc(-c2cnc3[nH]c4cnc(N)c(NCCN5CCCC5)c4c3c2)cn1. The van der Waals surface area contributed by atoms with E-state index in [-0.39, 0.29) is 0 Å². The summed E-state index contributed by atoms with van der Waals surface area (Å²) in [6.07, 6.45) is 10.1. The molecule has 4 aromatic rings. The van der Waals surface area contributed by atoms with E-state index in [0.29, 0.717) is 5.82 Å². The van der Waals surface area contributed by atoms with Crippen molar-refractivity contribution in [3.8, 4) is 11.1 Å². The highest BCUT2D eigenvalue weighted by atomic mass is 15.2. The van der Waals surface area contributed by atoms with Crippen molar-refractivity contribution >= 4 is 33.4 Å². The molecule has 4 aromatic heterocycles. The zero-order chi connectivity index (χ0) is 19.1. The predicted octanol–water partition coefficient (Wildman–Crippen LogP) is 2.60. The third-order valence-electron chi connectivity index (χ3n) is 5.49. The molecule has 0 spiro atoms. The molecule has 0 atom stereocenters. The number of hydrogen-bond acceptors (Lipinski definition) is 6. The standard InChI is InChI=1S/C20H24N8/c1-27-12-14(10-25-27)13-8-15-17-16(26-20(15)24-9-13)11-23-19(21)18(17)22-4-7-28-5-2-3-6-28/h8-12,22H,2-7H2,1H3,(H2,21,23)(H,24,26). The average Bonchev–Trinajstić information content (AvgIpc) is 3.42. The van der Waals surface area contributed by atoms with Gasteiger partial charge in [-0.05, 0) is 32.0 Å². The Morgan fingerprint density at radius 3 is 2.79 bits per heavy atom. The second-order valence-electron chi connectivity index (χ2n) is 7.43. The molecule has 0 bridgehead atoms. The number of aryl methyl sites for hydroxylation is 1. The van der Waals surface area contributed by atoms with Crippen LogP contribution in [0.3, 0.4) is 0 Å². The smallest absolute Gasteiger partial charge is 0.147 e. The molecule has 0 aliphatic carbocycles. The number of nitrogens with one attached hydrogen (secondary N) is 2. The van der Waals surface area contributed by atoms with Gasteiger partial charge in [-0.1, -0.05) is 0 Å². The molecule has 144 valence electrons. The summed E-state index contributed by atoms with van der Waals surface area (Å²) in [4.78, 5) is 14.8. The highest BCUT2D eigenvalue weighted by molar-refractivity contribution is 6.14. The maximum absolute atomic E-state index is 6.25. The number of aromatic amines is 1. The second-order valence-corrected chi connectivity index (χ2v) is 7.43. The monoisotopic (exact) mass is 376 g/mol. The first-order valence-corrected chi connectivity index (χ1v) is 9.70. The molecule has 0 radical (unpaired) electrons. The van der Waals surface area contributed by atoms with E-state index in [9.17, 15) is 0 Å². The largest absolute Gasteiger partial charge is 0.382 e. The van der Waals surface area contributed by atoms with E-state index in [2.05, 4.69) is 36.3 Å². The lowest BCUT2D eigenvalue weighted by molar-refractivity contribution is 0.353. The molecule has 5 rings (SSSR count). The van der Waals surface area contributed by atoms with Gasteiger partial charge in [-0.15, -0.1) is 0 Å². The summed E-state index contributed by atoms with van der Waals surface area (Å²) >= 11 is 0. The Kier molecular flexibility index (Phi) is 4.12. The van der Waals surface area contributed by atoms with Crippen LogP contribution < -0.4 is 11.1 Å². The number of nitrogens with two attached hydrogens (primary N) is 1. The van der Waals surface area contributed by atoms with Crippen molar-refractivity contribution in [1.29, 1.82) is 0 Å². The first-order chi connectivity index (χ1) is 13.7. The Morgan fingerprint density at radius 1 is 1.14 bits per heavy atom. The van der Waals surface area contributed by atoms with Crippen LogP contribution in [0.15, 0.2) is 30.9 Å². The molecular weight excluding hydrogens is 352 g/mol. The van der Waals surface area contributed by atoms with Gasteiger partial charge >= 0.3 is 0 Å². The number of rotatable bonds is 5. The number of nitrogens with zero attached hydrogens (tertiary/aromatic N) is 5. The molecule has 28 heavy (non-hydrogen) atoms. The molecule has 8 heteroatoms. The first-order valence-electron chi connectivity index (χ1n) is 9.70. The van der Waals surface area contributed by atoms with Crippen molar-refractivity contribution in [2.24, 2.45) is 7.05 Å². The molecule has 5 heterocycles. The van der Waals surface area contributed by atoms with E-state index in [0.717, 1.165) is 51.8 Å². The fourth-order valence-electron chi connectivity index (χ4n) is 4.04. The summed E-state index contributed by atoms with van der Waals surface area (Å²) in [6.45, 7) is 4.22. The Balaban J connectivity index is 1.55. The van der Waals surface area contributed by atoms with Crippen LogP contribution in [0.4, 0.5) is 11.5 Å². The summed E-state index contributed by atoms with van der Waals surface area (Å²) in [6, 6.07) is 2.14. The van der Waals surface area contributed by atoms with E-state index < -0.39 is 0 Å². The highest BCUT2D eigenvalue weighted by Gasteiger charge is 2.16. The van der Waals surface area contributed by atoms with Crippen LogP contribution in [0.1, 0.15) is 12.8 Å². The molecule has 1 saturated heterocycles. The molecule has 1 aliphatic heterocycles. The van der Waals surface area contributed by atoms with Gasteiger partial charge in [-0.25, -0.2) is 9.97 Å². The van der Waals surface area contributed by atoms with Crippen LogP contribution in [-0.4, -0.2) is 55.8 Å². The van der Waals surface area contributed by atoms with E-state index in [1.165, 1.54) is 25.9 Å². The lowest BCUT2D eigenvalue weighted by Crippen LogP contribution is -2.26. The maximum atomic E-state index is 6.25. The molecular formula is C20H24N8. The molecule has 0 saturated carbocycles. The molecule has 8 nitrogen and oxygen atoms in total. The van der Waals surface area contributed by atoms with Gasteiger partial charge in [0.05, 0.1) is 23.6 Å². The summed E-state index contributed by atoms with van der Waals surface area (Å²) in [5.41, 5.74) is 11.0. The third-order valence-corrected chi connectivity index (χ3v) is 5.49. The number of likely N-dealkylation sites (tertiary alicyclic amines) is 1. The van der Waals surface area contributed by atoms with Crippen LogP contribution >= 0.6 is 0 Å². The molecule has 0 aromatic carbocycles. The van der Waals surface area contributed by atoms with Crippen LogP contribution in [0, 0.1) is 0 Å². The predicted molar refractivity (Wildman–Crippen MR) is 112 cm³/mol. The van der Waals surface area contributed by atoms with Crippen molar-refractivity contribution in [1.82, 2.24) is 29.6 Å². The topological polar surface area (TPSA) is 101 Å². The van der Waals surface area contributed by atoms with Gasteiger partial charge in [0.2, 0.25) is 0 Å². The molecule has 1 aliphatic rings. The molecule has 4 N–H and O–H groups in total. The Bertz CT molecular complexity index is 1140. The number of nitrogen functional groups attached to an aromatic ring is 1. The number of H-pyrrole nitrogens is 1. The van der Waals surface area contributed by atoms with Gasteiger partial charge in [0.15, 0.2) is 0 Å². The third kappa shape index (κ3) is 2.95. The van der Waals surface area contributed by atoms with Crippen LogP contribution in [0.5, 0.6) is 0 Å². The molecule has 0 unspecified atom stereocenters. The fourth-order valence-corrected chi connectivity index (χ4v) is 4.04. The minimum atomic E-state index is 0.515. The lowest BCUT2D eigenvalue weighted by atomic mass is 10.1. The van der Waals surface area contributed by atoms with Gasteiger partial charge in [-0.3, -0.25) is 4.68 Å². The quantitative estimate of drug-likeness (QED) is 0.495. The second kappa shape index (κ2) is 6.79. The molecule has 0 amide bonds. The van der Waals surface area contributed by atoms with Crippen molar-refractivity contribution in [3.63, 3.8) is 0 Å². The zero-order valence-electron chi connectivity index (χ0n) is 15.9. The summed E-state index contributed by atoms with van der Waals surface area (Å²) in [5, 5.41) is 9.88. The van der Waals surface area contributed by atoms with Gasteiger partial charge in [0.25, 0.3) is 0 Å². The average molecular weight is 376 g/mol. The summed E-state index contributed by atoms with van der Waals surface area (Å²) < 4.78 is 1.79. The van der Waals surface area contributed by atoms with Gasteiger partial charge in [0.1, 0.15) is 11.5 Å². The number of fused-ring (bicyclic) bond motifs is 3. The minimum Gasteiger partial charge on any atom is -0.382 e. The van der Waals surface area contributed by atoms with Gasteiger partial charge in [-0.2, -0.15) is 5.10 Å². The fraction of sp³-hybridized carbons (Fsp3) is 0.350. The van der Waals surface area contributed by atoms with Gasteiger partial charge in [0, 0.05) is 54.4 Å². The van der Waals surface area contributed by atoms with E-state index in [1.807, 2.05) is 25.6 Å². The zero-order valence-corrected chi connectivity index (χ0v) is 15.9. The molecule has 1 fully saturated rings. The van der Waals surface area contributed by atoms with E-state index in [1.54, 1.807) is 10.9 Å². The van der Waals surface area contributed by atoms with Crippen molar-refractivity contribution < 1.29 is 0 Å². The van der Waals surface area contributed by atoms with Crippen molar-refractivity contribution in [2.75, 3.05) is 37.2 Å². The Hall–Kier alpha value is -3.13. The summed E-state index contributed by atoms with van der Waals surface area (Å²) in [5.74, 6) is 0.515. The number of hydrogen-bond donors (Lipinski definition) is 3. The normalized spacial score (nSPS) is 15.0. The van der Waals surface area contributed by atoms with Crippen LogP contribution in [0.25, 0.3) is 33.1 Å². The first kappa shape index (κ1) is 17.0. The maximum Gasteiger partial charge on any atom is 0.147 e. The highest BCUT2D eigenvalue weighted by Crippen LogP contribution is 2.35. The van der Waals surface area contributed by atoms with Crippen LogP contribution in [0.2, 0.25) is 0 Å². The number of aromatic nitrogens is 5. The number of anilines is 2. The van der Waals surface area contributed by atoms with Crippen LogP contribution in [-0.2, 0) is 7.05 Å². The van der Waals surface area contributed by atoms with Crippen molar-refractivity contribution in [3.05, 3.63) is 30.9 Å². The minimum absolute atomic E-state index is 0.515.